The molecule has 0 amide bonds. The van der Waals surface area contributed by atoms with E-state index in [0.717, 1.165) is 54.6 Å². The lowest BCUT2D eigenvalue weighted by molar-refractivity contribution is 0.122. The zero-order valence-corrected chi connectivity index (χ0v) is 10.7. The monoisotopic (exact) mass is 247 g/mol. The van der Waals surface area contributed by atoms with Gasteiger partial charge in [-0.1, -0.05) is 0 Å². The molecule has 0 aliphatic carbocycles. The predicted octanol–water partition coefficient (Wildman–Crippen LogP) is 1.72. The van der Waals surface area contributed by atoms with Gasteiger partial charge in [-0.15, -0.1) is 0 Å². The average molecular weight is 247 g/mol. The number of imidazole rings is 1. The van der Waals surface area contributed by atoms with Gasteiger partial charge in [0.25, 0.3) is 0 Å². The lowest BCUT2D eigenvalue weighted by Crippen LogP contribution is -2.36. The first-order chi connectivity index (χ1) is 8.78. The summed E-state index contributed by atoms with van der Waals surface area (Å²) >= 11 is 0. The van der Waals surface area contributed by atoms with Gasteiger partial charge in [-0.3, -0.25) is 0 Å². The number of fused-ring (bicyclic) bond motifs is 1. The summed E-state index contributed by atoms with van der Waals surface area (Å²) in [5, 5.41) is 0. The van der Waals surface area contributed by atoms with Gasteiger partial charge in [0.1, 0.15) is 17.1 Å². The summed E-state index contributed by atoms with van der Waals surface area (Å²) in [4.78, 5) is 10.0. The third-order valence-corrected chi connectivity index (χ3v) is 3.25. The Morgan fingerprint density at radius 2 is 2.11 bits per heavy atom. The zero-order valence-electron chi connectivity index (χ0n) is 10.7. The molecular formula is C13H17N3O2. The predicted molar refractivity (Wildman–Crippen MR) is 70.4 cm³/mol. The van der Waals surface area contributed by atoms with E-state index >= 15 is 0 Å². The van der Waals surface area contributed by atoms with Crippen molar-refractivity contribution < 1.29 is 9.47 Å². The SMILES string of the molecule is COc1cc(N2CCOCC2)cc2[nH]c(C)nc12. The van der Waals surface area contributed by atoms with Crippen LogP contribution in [-0.2, 0) is 4.74 Å². The number of aromatic amines is 1. The van der Waals surface area contributed by atoms with E-state index < -0.39 is 0 Å². The molecule has 5 heteroatoms. The maximum Gasteiger partial charge on any atom is 0.148 e. The first-order valence-electron chi connectivity index (χ1n) is 6.15. The molecule has 1 aliphatic heterocycles. The standard InChI is InChI=1S/C13H17N3O2/c1-9-14-11-7-10(16-3-5-18-6-4-16)8-12(17-2)13(11)15-9/h7-8H,3-6H2,1-2H3,(H,14,15). The lowest BCUT2D eigenvalue weighted by atomic mass is 10.2. The van der Waals surface area contributed by atoms with Crippen LogP contribution in [0, 0.1) is 6.92 Å². The Hall–Kier alpha value is -1.75. The number of aryl methyl sites for hydroxylation is 1. The number of hydrogen-bond donors (Lipinski definition) is 1. The molecule has 1 aromatic heterocycles. The summed E-state index contributed by atoms with van der Waals surface area (Å²) in [6.07, 6.45) is 0. The molecule has 1 N–H and O–H groups in total. The van der Waals surface area contributed by atoms with Crippen molar-refractivity contribution in [2.75, 3.05) is 38.3 Å². The van der Waals surface area contributed by atoms with Crippen LogP contribution >= 0.6 is 0 Å². The van der Waals surface area contributed by atoms with Gasteiger partial charge < -0.3 is 19.4 Å². The summed E-state index contributed by atoms with van der Waals surface area (Å²) in [6.45, 7) is 5.35. The van der Waals surface area contributed by atoms with E-state index in [4.69, 9.17) is 9.47 Å². The van der Waals surface area contributed by atoms with Crippen LogP contribution in [0.25, 0.3) is 11.0 Å². The molecular weight excluding hydrogens is 230 g/mol. The van der Waals surface area contributed by atoms with Crippen LogP contribution in [-0.4, -0.2) is 43.4 Å². The van der Waals surface area contributed by atoms with Crippen molar-refractivity contribution in [2.24, 2.45) is 0 Å². The number of aromatic nitrogens is 2. The van der Waals surface area contributed by atoms with Crippen molar-refractivity contribution in [2.45, 2.75) is 6.92 Å². The fourth-order valence-electron chi connectivity index (χ4n) is 2.35. The molecule has 1 aromatic carbocycles. The van der Waals surface area contributed by atoms with Gasteiger partial charge in [0.2, 0.25) is 0 Å². The summed E-state index contributed by atoms with van der Waals surface area (Å²) in [5.74, 6) is 1.72. The first-order valence-corrected chi connectivity index (χ1v) is 6.15. The Kier molecular flexibility index (Phi) is 2.83. The van der Waals surface area contributed by atoms with E-state index in [0.29, 0.717) is 0 Å². The maximum absolute atomic E-state index is 5.43. The molecule has 1 saturated heterocycles. The van der Waals surface area contributed by atoms with Crippen LogP contribution in [0.1, 0.15) is 5.82 Å². The van der Waals surface area contributed by atoms with E-state index in [-0.39, 0.29) is 0 Å². The Morgan fingerprint density at radius 3 is 2.83 bits per heavy atom. The zero-order chi connectivity index (χ0) is 12.5. The van der Waals surface area contributed by atoms with Crippen molar-refractivity contribution >= 4 is 16.7 Å². The summed E-state index contributed by atoms with van der Waals surface area (Å²) in [5.41, 5.74) is 3.08. The lowest BCUT2D eigenvalue weighted by Gasteiger charge is -2.29. The molecule has 0 saturated carbocycles. The molecule has 1 aliphatic rings. The number of nitrogens with one attached hydrogen (secondary N) is 1. The molecule has 0 radical (unpaired) electrons. The molecule has 1 fully saturated rings. The number of ether oxygens (including phenoxy) is 2. The quantitative estimate of drug-likeness (QED) is 0.878. The Morgan fingerprint density at radius 1 is 1.33 bits per heavy atom. The van der Waals surface area contributed by atoms with Gasteiger partial charge in [0.15, 0.2) is 0 Å². The molecule has 5 nitrogen and oxygen atoms in total. The number of methoxy groups -OCH3 is 1. The fourth-order valence-corrected chi connectivity index (χ4v) is 2.35. The van der Waals surface area contributed by atoms with Gasteiger partial charge in [-0.2, -0.15) is 0 Å². The minimum Gasteiger partial charge on any atom is -0.494 e. The minimum atomic E-state index is 0.780. The molecule has 0 spiro atoms. The molecule has 0 atom stereocenters. The number of morpholine rings is 1. The maximum atomic E-state index is 5.43. The molecule has 18 heavy (non-hydrogen) atoms. The Labute approximate surface area is 106 Å². The molecule has 2 heterocycles. The van der Waals surface area contributed by atoms with Crippen molar-refractivity contribution in [3.8, 4) is 5.75 Å². The highest BCUT2D eigenvalue weighted by Crippen LogP contribution is 2.30. The van der Waals surface area contributed by atoms with Crippen molar-refractivity contribution in [3.63, 3.8) is 0 Å². The summed E-state index contributed by atoms with van der Waals surface area (Å²) in [7, 11) is 1.68. The summed E-state index contributed by atoms with van der Waals surface area (Å²) in [6, 6.07) is 4.18. The average Bonchev–Trinajstić information content (AvgIpc) is 2.78. The van der Waals surface area contributed by atoms with Crippen molar-refractivity contribution in [3.05, 3.63) is 18.0 Å². The first kappa shape index (κ1) is 11.3. The third-order valence-electron chi connectivity index (χ3n) is 3.25. The number of anilines is 1. The van der Waals surface area contributed by atoms with E-state index in [2.05, 4.69) is 20.9 Å². The number of H-pyrrole nitrogens is 1. The van der Waals surface area contributed by atoms with Crippen LogP contribution in [0.15, 0.2) is 12.1 Å². The molecule has 2 aromatic rings. The molecule has 3 rings (SSSR count). The van der Waals surface area contributed by atoms with Crippen LogP contribution in [0.4, 0.5) is 5.69 Å². The van der Waals surface area contributed by atoms with Crippen molar-refractivity contribution in [1.29, 1.82) is 0 Å². The second-order valence-electron chi connectivity index (χ2n) is 4.47. The summed E-state index contributed by atoms with van der Waals surface area (Å²) < 4.78 is 10.8. The Balaban J connectivity index is 2.06. The number of benzene rings is 1. The van der Waals surface area contributed by atoms with E-state index in [9.17, 15) is 0 Å². The van der Waals surface area contributed by atoms with E-state index in [1.165, 1.54) is 0 Å². The van der Waals surface area contributed by atoms with Crippen LogP contribution in [0.5, 0.6) is 5.75 Å². The highest BCUT2D eigenvalue weighted by Gasteiger charge is 2.15. The van der Waals surface area contributed by atoms with Gasteiger partial charge in [-0.05, 0) is 13.0 Å². The smallest absolute Gasteiger partial charge is 0.148 e. The van der Waals surface area contributed by atoms with Crippen LogP contribution in [0.2, 0.25) is 0 Å². The highest BCUT2D eigenvalue weighted by atomic mass is 16.5. The van der Waals surface area contributed by atoms with E-state index in [1.54, 1.807) is 7.11 Å². The minimum absolute atomic E-state index is 0.780. The highest BCUT2D eigenvalue weighted by molar-refractivity contribution is 5.86. The van der Waals surface area contributed by atoms with Gasteiger partial charge >= 0.3 is 0 Å². The van der Waals surface area contributed by atoms with E-state index in [1.807, 2.05) is 13.0 Å². The van der Waals surface area contributed by atoms with Crippen LogP contribution < -0.4 is 9.64 Å². The number of nitrogens with zero attached hydrogens (tertiary/aromatic N) is 2. The van der Waals surface area contributed by atoms with Gasteiger partial charge in [0.05, 0.1) is 25.8 Å². The van der Waals surface area contributed by atoms with Gasteiger partial charge in [-0.25, -0.2) is 4.98 Å². The second-order valence-corrected chi connectivity index (χ2v) is 4.47. The molecule has 0 unspecified atom stereocenters. The molecule has 96 valence electrons. The number of rotatable bonds is 2. The molecule has 0 bridgehead atoms. The van der Waals surface area contributed by atoms with Gasteiger partial charge in [0, 0.05) is 24.8 Å². The number of hydrogen-bond acceptors (Lipinski definition) is 4. The van der Waals surface area contributed by atoms with Crippen molar-refractivity contribution in [1.82, 2.24) is 9.97 Å². The second kappa shape index (κ2) is 4.49. The third kappa shape index (κ3) is 1.90. The largest absolute Gasteiger partial charge is 0.494 e. The fraction of sp³-hybridized carbons (Fsp3) is 0.462. The normalized spacial score (nSPS) is 16.2. The topological polar surface area (TPSA) is 50.4 Å². The Bertz CT molecular complexity index is 559. The van der Waals surface area contributed by atoms with Crippen LogP contribution in [0.3, 0.4) is 0 Å².